The van der Waals surface area contributed by atoms with Crippen LogP contribution in [-0.4, -0.2) is 248 Å². The first kappa shape index (κ1) is 110. The molecule has 0 radical (unpaired) electrons. The first-order valence-corrected chi connectivity index (χ1v) is 61.2. The van der Waals surface area contributed by atoms with E-state index in [1.54, 1.807) is 6.92 Å². The number of aryl methyl sites for hydroxylation is 5. The first-order chi connectivity index (χ1) is 67.6. The van der Waals surface area contributed by atoms with Crippen molar-refractivity contribution in [1.82, 2.24) is 86.8 Å². The van der Waals surface area contributed by atoms with E-state index in [1.165, 1.54) is 87.4 Å². The monoisotopic (exact) mass is 2290 g/mol. The van der Waals surface area contributed by atoms with Crippen molar-refractivity contribution < 1.29 is 130 Å². The number of fused-ring (bicyclic) bond motifs is 2. The van der Waals surface area contributed by atoms with Crippen molar-refractivity contribution in [3.05, 3.63) is 182 Å². The molecular formula is C71H94N21O38P7S7. The lowest BCUT2D eigenvalue weighted by atomic mass is 10.2. The minimum atomic E-state index is -4.81. The van der Waals surface area contributed by atoms with Gasteiger partial charge in [0.25, 0.3) is 27.8 Å². The molecule has 0 aromatic carbocycles. The van der Waals surface area contributed by atoms with E-state index in [1.807, 2.05) is 0 Å². The highest BCUT2D eigenvalue weighted by Crippen LogP contribution is 2.60. The third-order valence-corrected chi connectivity index (χ3v) is 35.0. The number of aromatic amines is 5. The Hall–Kier alpha value is -6.70. The van der Waals surface area contributed by atoms with Crippen molar-refractivity contribution in [3.8, 4) is 0 Å². The molecule has 7 saturated heterocycles. The fourth-order valence-corrected chi connectivity index (χ4v) is 26.4. The van der Waals surface area contributed by atoms with Crippen LogP contribution in [0.5, 0.6) is 0 Å². The Bertz CT molecular complexity index is 7440. The van der Waals surface area contributed by atoms with Gasteiger partial charge < -0.3 is 134 Å². The number of imidazole rings is 2. The summed E-state index contributed by atoms with van der Waals surface area (Å²) in [5.74, 6) is -0.464. The molecule has 17 N–H and O–H groups in total. The third-order valence-electron chi connectivity index (χ3n) is 23.7. The van der Waals surface area contributed by atoms with Crippen LogP contribution in [-0.2, 0) is 172 Å². The number of ether oxygens (including phenoxy) is 7. The second kappa shape index (κ2) is 43.9. The summed E-state index contributed by atoms with van der Waals surface area (Å²) in [6.07, 6.45) is -19.7. The molecule has 16 heterocycles. The van der Waals surface area contributed by atoms with Gasteiger partial charge in [0.1, 0.15) is 104 Å². The molecule has 28 atom stereocenters. The summed E-state index contributed by atoms with van der Waals surface area (Å²) in [7, 11) is 1.09. The smallest absolute Gasteiger partial charge is 0.383 e. The molecule has 16 rings (SSSR count). The van der Waals surface area contributed by atoms with Gasteiger partial charge >= 0.3 is 75.6 Å². The van der Waals surface area contributed by atoms with Gasteiger partial charge in [0, 0.05) is 111 Å². The summed E-state index contributed by atoms with van der Waals surface area (Å²) in [4.78, 5) is 236. The highest BCUT2D eigenvalue weighted by Gasteiger charge is 2.52. The second-order valence-electron chi connectivity index (χ2n) is 33.7. The average molecular weight is 2290 g/mol. The van der Waals surface area contributed by atoms with Crippen LogP contribution in [0, 0.1) is 34.6 Å². The van der Waals surface area contributed by atoms with Crippen LogP contribution in [0.25, 0.3) is 22.3 Å². The molecule has 788 valence electrons. The van der Waals surface area contributed by atoms with Gasteiger partial charge in [-0.2, -0.15) is 9.97 Å². The number of aromatic nitrogens is 18. The van der Waals surface area contributed by atoms with Gasteiger partial charge in [0.05, 0.1) is 95.0 Å². The number of H-pyrrole nitrogens is 5. The molecule has 9 aromatic heterocycles. The van der Waals surface area contributed by atoms with Crippen molar-refractivity contribution >= 4 is 170 Å². The molecular weight excluding hydrogens is 2200 g/mol. The van der Waals surface area contributed by atoms with Crippen LogP contribution >= 0.6 is 59.4 Å². The van der Waals surface area contributed by atoms with Gasteiger partial charge in [0.2, 0.25) is 5.95 Å². The van der Waals surface area contributed by atoms with E-state index in [0.717, 1.165) is 36.3 Å². The van der Waals surface area contributed by atoms with Crippen LogP contribution in [0.1, 0.15) is 123 Å². The SMILES string of the molecule is COP(O)(=S)OC1C[C@H](n2cc(C)c(=O)[nH]c2=O)O[C@@H]1COP(O)(=S)OC1C[C@H](n2cc(C)c(=O)[nH]c2=O)O[C@@H]1COP(O)(=S)OC1C[C@H](n2cc(C)c(N)nc2=O)O[C@@H]1COP(O)(=S)OC1C[C@H](n2cnc3c(N)ncnc32)O[C@@H]1COP(O)(=S)OC1C[C@H](n2cc(C)c(=O)[nH]c2=O)O[C@@H]1COP(=O)(S)OC1C[C@H](n2cnc3c(=O)[nH]c(N)nc32)O[C@@H]1COP(O)(=S)OC1C[C@H](n2cc(C)c(=O)[nH]c2=O)O[C@@H]1C. The van der Waals surface area contributed by atoms with Crippen molar-refractivity contribution in [3.63, 3.8) is 0 Å². The number of thiol groups is 1. The average Bonchev–Trinajstić information content (AvgIpc) is 1.61. The predicted octanol–water partition coefficient (Wildman–Crippen LogP) is 0.519. The Morgan fingerprint density at radius 2 is 0.667 bits per heavy atom. The largest absolute Gasteiger partial charge is 0.386 e. The Morgan fingerprint density at radius 3 is 1.03 bits per heavy atom. The molecule has 14 unspecified atom stereocenters. The van der Waals surface area contributed by atoms with Gasteiger partial charge in [-0.1, -0.05) is 12.2 Å². The zero-order valence-electron chi connectivity index (χ0n) is 75.8. The molecule has 0 amide bonds. The lowest BCUT2D eigenvalue weighted by Crippen LogP contribution is -2.33. The van der Waals surface area contributed by atoms with Gasteiger partial charge in [-0.3, -0.25) is 89.9 Å². The topological polar surface area (TPSA) is 772 Å². The van der Waals surface area contributed by atoms with Crippen LogP contribution in [0.3, 0.4) is 0 Å². The molecule has 9 aromatic rings. The Labute approximate surface area is 843 Å². The van der Waals surface area contributed by atoms with Crippen molar-refractivity contribution in [1.29, 1.82) is 0 Å². The number of anilines is 3. The maximum atomic E-state index is 14.9. The maximum Gasteiger partial charge on any atom is 0.386 e. The van der Waals surface area contributed by atoms with E-state index in [4.69, 9.17) is 185 Å². The Balaban J connectivity index is 0.609. The Kier molecular flexibility index (Phi) is 33.6. The molecule has 73 heteroatoms. The minimum absolute atomic E-state index is 0.0325. The quantitative estimate of drug-likeness (QED) is 0.0184. The second-order valence-corrected chi connectivity index (χ2v) is 53.5. The van der Waals surface area contributed by atoms with Crippen molar-refractivity contribution in [2.45, 2.75) is 216 Å². The van der Waals surface area contributed by atoms with Crippen molar-refractivity contribution in [2.75, 3.05) is 64.0 Å². The lowest BCUT2D eigenvalue weighted by molar-refractivity contribution is -0.0573. The summed E-state index contributed by atoms with van der Waals surface area (Å²) in [5.41, 5.74) is 11.0. The third kappa shape index (κ3) is 25.8. The number of nitrogen functional groups attached to an aromatic ring is 3. The highest BCUT2D eigenvalue weighted by atomic mass is 32.7. The maximum absolute atomic E-state index is 14.9. The molecule has 0 bridgehead atoms. The minimum Gasteiger partial charge on any atom is -0.383 e. The zero-order chi connectivity index (χ0) is 104. The van der Waals surface area contributed by atoms with Crippen LogP contribution in [0.2, 0.25) is 0 Å². The molecule has 59 nitrogen and oxygen atoms in total. The lowest BCUT2D eigenvalue weighted by Gasteiger charge is -2.28. The molecule has 0 aliphatic carbocycles. The van der Waals surface area contributed by atoms with Crippen LogP contribution in [0.15, 0.2) is 97.9 Å². The van der Waals surface area contributed by atoms with Crippen LogP contribution < -0.4 is 73.4 Å². The summed E-state index contributed by atoms with van der Waals surface area (Å²) in [6.45, 7) is -27.7. The number of rotatable bonds is 40. The normalized spacial score (nSPS) is 29.7. The molecule has 0 spiro atoms. The van der Waals surface area contributed by atoms with Gasteiger partial charge in [-0.25, -0.2) is 48.5 Å². The van der Waals surface area contributed by atoms with E-state index in [0.29, 0.717) is 5.56 Å². The predicted molar refractivity (Wildman–Crippen MR) is 522 cm³/mol. The van der Waals surface area contributed by atoms with E-state index in [9.17, 15) is 81.9 Å². The summed E-state index contributed by atoms with van der Waals surface area (Å²) in [5, 5.41) is 0. The van der Waals surface area contributed by atoms with E-state index >= 15 is 0 Å². The molecule has 0 saturated carbocycles. The molecule has 7 fully saturated rings. The van der Waals surface area contributed by atoms with Crippen LogP contribution in [0.4, 0.5) is 17.6 Å². The number of nitrogens with one attached hydrogen (secondary N) is 5. The number of nitrogens with two attached hydrogens (primary N) is 3. The van der Waals surface area contributed by atoms with Gasteiger partial charge in [-0.15, -0.1) is 0 Å². The first-order valence-electron chi connectivity index (χ1n) is 43.0. The molecule has 7 aliphatic heterocycles. The number of hydrogen-bond acceptors (Lipinski definition) is 47. The highest BCUT2D eigenvalue weighted by molar-refractivity contribution is 8.44. The standard InChI is InChI=1S/C71H94N21O38P7S7/c1-29-15-86(67(98)79-57(29)72)49-10-37(126-134(106,141)113-22-44-38(11-51(120-44)89-18-32(4)63(95)84-70(89)101)127-133(105,140)112-20-42-36(125-131(103,138)110-7)9-50(118-42)88-17-31(3)62(94)83-69(88)100)43(119-49)21-114-136(108,143)129-40-13-53(91-27-77-55-58(73)75-26-76-59(55)91)122-46(40)25-116-135(107,142)128-39-12-52(90-19-33(5)64(96)85-71(90)102)121-45(39)23-115-137(109,144)130-41-14-54(92-28-78-56-60(92)80-66(74)81-65(56)97)123-47(41)24-111-132(104,139)124-35-8-48(117-34(35)6)87-16-30(2)61(93)82-68(87)99/h15-19,26-28,34-54H,8-14,20-25H2,1-7H3,(H,103,138)(H,104,139)(H,105,140)(H,106,141)(H,107,142)(H,108,143)(H,109,144)(H2,72,79,98)(H2,73,75,76)(H,82,93,99)(H,83,94,100)(H,84,95,101)(H,85,96,102)(H3,74,80,81,97)/t34-,35?,36?,37?,38?,39?,40?,41?,42-,43-,44-,45-,46-,47-,48-,49-,50-,51-,52-,53-,54-,131?,132?,133?,134?,135?,136?,137?/m1/s1. The van der Waals surface area contributed by atoms with E-state index in [-0.39, 0.29) is 101 Å². The molecule has 144 heavy (non-hydrogen) atoms. The van der Waals surface area contributed by atoms with E-state index < -0.39 is 278 Å². The summed E-state index contributed by atoms with van der Waals surface area (Å²) in [6, 6.07) is 0. The van der Waals surface area contributed by atoms with Gasteiger partial charge in [0.15, 0.2) is 22.6 Å². The molecule has 7 aliphatic rings. The van der Waals surface area contributed by atoms with Crippen molar-refractivity contribution in [2.24, 2.45) is 0 Å². The summed E-state index contributed by atoms with van der Waals surface area (Å²) >= 11 is 37.5. The fraction of sp³-hybridized carbons (Fsp3) is 0.577. The van der Waals surface area contributed by atoms with E-state index in [2.05, 4.69) is 67.1 Å². The zero-order valence-corrected chi connectivity index (χ0v) is 87.8. The number of hydrogen-bond donors (Lipinski definition) is 15. The fourth-order valence-electron chi connectivity index (χ4n) is 16.5. The Morgan fingerprint density at radius 1 is 0.368 bits per heavy atom. The van der Waals surface area contributed by atoms with Gasteiger partial charge in [-0.05, 0) is 112 Å². The number of nitrogens with zero attached hydrogens (tertiary/aromatic N) is 13. The summed E-state index contributed by atoms with van der Waals surface area (Å²) < 4.78 is 150.